The van der Waals surface area contributed by atoms with Gasteiger partial charge in [0.1, 0.15) is 22.4 Å². The number of aromatic nitrogens is 1. The minimum Gasteiger partial charge on any atom is -0.497 e. The summed E-state index contributed by atoms with van der Waals surface area (Å²) in [5.41, 5.74) is 1.80. The van der Waals surface area contributed by atoms with Crippen LogP contribution in [0.2, 0.25) is 0 Å². The average Bonchev–Trinajstić information content (AvgIpc) is 3.24. The summed E-state index contributed by atoms with van der Waals surface area (Å²) in [7, 11) is 1.64. The fourth-order valence-electron chi connectivity index (χ4n) is 3.42. The number of amides is 1. The van der Waals surface area contributed by atoms with Crippen molar-refractivity contribution in [1.82, 2.24) is 14.8 Å². The summed E-state index contributed by atoms with van der Waals surface area (Å²) in [6.07, 6.45) is 0. The molecule has 1 aromatic heterocycles. The van der Waals surface area contributed by atoms with Gasteiger partial charge in [0, 0.05) is 43.7 Å². The van der Waals surface area contributed by atoms with Crippen LogP contribution in [-0.4, -0.2) is 54.0 Å². The van der Waals surface area contributed by atoms with E-state index in [1.165, 1.54) is 0 Å². The van der Waals surface area contributed by atoms with Crippen molar-refractivity contribution in [2.24, 2.45) is 0 Å². The Morgan fingerprint density at radius 2 is 1.83 bits per heavy atom. The second-order valence-corrected chi connectivity index (χ2v) is 7.92. The van der Waals surface area contributed by atoms with Crippen molar-refractivity contribution >= 4 is 17.2 Å². The number of carbonyl (C=O) groups excluding carboxylic acids is 1. The van der Waals surface area contributed by atoms with Crippen LogP contribution in [0.5, 0.6) is 5.75 Å². The highest BCUT2D eigenvalue weighted by molar-refractivity contribution is 7.13. The van der Waals surface area contributed by atoms with E-state index in [1.54, 1.807) is 23.3 Å². The Morgan fingerprint density at radius 3 is 2.53 bits per heavy atom. The number of rotatable bonds is 5. The number of piperazine rings is 1. The molecule has 156 valence electrons. The zero-order valence-corrected chi connectivity index (χ0v) is 17.3. The molecule has 0 bridgehead atoms. The van der Waals surface area contributed by atoms with Crippen LogP contribution in [0.4, 0.5) is 8.78 Å². The predicted octanol–water partition coefficient (Wildman–Crippen LogP) is 4.05. The molecule has 1 fully saturated rings. The van der Waals surface area contributed by atoms with Gasteiger partial charge in [0.05, 0.1) is 18.4 Å². The maximum Gasteiger partial charge on any atom is 0.257 e. The van der Waals surface area contributed by atoms with Crippen LogP contribution in [0, 0.1) is 11.6 Å². The molecule has 0 aliphatic carbocycles. The Labute approximate surface area is 177 Å². The zero-order chi connectivity index (χ0) is 21.1. The molecule has 2 heterocycles. The Hall–Kier alpha value is -2.84. The zero-order valence-electron chi connectivity index (χ0n) is 16.5. The molecule has 0 N–H and O–H groups in total. The van der Waals surface area contributed by atoms with E-state index in [-0.39, 0.29) is 5.56 Å². The summed E-state index contributed by atoms with van der Waals surface area (Å²) in [6, 6.07) is 10.7. The molecular weight excluding hydrogens is 408 g/mol. The van der Waals surface area contributed by atoms with Gasteiger partial charge in [0.15, 0.2) is 0 Å². The molecule has 0 saturated carbocycles. The van der Waals surface area contributed by atoms with Crippen LogP contribution < -0.4 is 4.74 Å². The number of methoxy groups -OCH3 is 1. The molecule has 0 atom stereocenters. The van der Waals surface area contributed by atoms with Crippen molar-refractivity contribution < 1.29 is 18.3 Å². The second kappa shape index (κ2) is 8.89. The van der Waals surface area contributed by atoms with Gasteiger partial charge >= 0.3 is 0 Å². The van der Waals surface area contributed by atoms with Gasteiger partial charge in [-0.15, -0.1) is 11.3 Å². The number of hydrogen-bond acceptors (Lipinski definition) is 5. The highest BCUT2D eigenvalue weighted by Gasteiger charge is 2.25. The minimum absolute atomic E-state index is 0.216. The number of thiazole rings is 1. The van der Waals surface area contributed by atoms with Crippen LogP contribution in [0.3, 0.4) is 0 Å². The fraction of sp³-hybridized carbons (Fsp3) is 0.273. The fourth-order valence-corrected chi connectivity index (χ4v) is 4.23. The van der Waals surface area contributed by atoms with Gasteiger partial charge in [0.25, 0.3) is 5.91 Å². The SMILES string of the molecule is COc1ccc(-c2nc(CN3CCN(C(=O)c4cc(F)ccc4F)CC3)cs2)cc1. The minimum atomic E-state index is -0.697. The first kappa shape index (κ1) is 20.4. The standard InChI is InChI=1S/C22H21F2N3O2S/c1-29-18-5-2-15(3-6-18)21-25-17(14-30-21)13-26-8-10-27(11-9-26)22(28)19-12-16(23)4-7-20(19)24/h2-7,12,14H,8-11,13H2,1H3. The Morgan fingerprint density at radius 1 is 1.10 bits per heavy atom. The molecular formula is C22H21F2N3O2S. The smallest absolute Gasteiger partial charge is 0.257 e. The van der Waals surface area contributed by atoms with Crippen molar-refractivity contribution in [3.63, 3.8) is 0 Å². The van der Waals surface area contributed by atoms with Gasteiger partial charge in [-0.2, -0.15) is 0 Å². The summed E-state index contributed by atoms with van der Waals surface area (Å²) in [6.45, 7) is 2.91. The number of benzene rings is 2. The lowest BCUT2D eigenvalue weighted by atomic mass is 10.1. The molecule has 0 spiro atoms. The maximum absolute atomic E-state index is 13.9. The molecule has 8 heteroatoms. The first-order valence-electron chi connectivity index (χ1n) is 9.59. The number of carbonyl (C=O) groups is 1. The number of hydrogen-bond donors (Lipinski definition) is 0. The van der Waals surface area contributed by atoms with E-state index < -0.39 is 17.5 Å². The van der Waals surface area contributed by atoms with Crippen LogP contribution in [0.15, 0.2) is 47.8 Å². The molecule has 2 aromatic carbocycles. The summed E-state index contributed by atoms with van der Waals surface area (Å²) in [4.78, 5) is 21.0. The molecule has 0 radical (unpaired) electrons. The molecule has 1 aliphatic heterocycles. The van der Waals surface area contributed by atoms with Crippen molar-refractivity contribution in [2.45, 2.75) is 6.54 Å². The van der Waals surface area contributed by atoms with Crippen LogP contribution in [0.1, 0.15) is 16.1 Å². The lowest BCUT2D eigenvalue weighted by molar-refractivity contribution is 0.0622. The normalized spacial score (nSPS) is 14.7. The molecule has 1 amide bonds. The topological polar surface area (TPSA) is 45.7 Å². The molecule has 30 heavy (non-hydrogen) atoms. The third-order valence-electron chi connectivity index (χ3n) is 5.09. The van der Waals surface area contributed by atoms with Gasteiger partial charge < -0.3 is 9.64 Å². The van der Waals surface area contributed by atoms with Crippen molar-refractivity contribution in [1.29, 1.82) is 0 Å². The predicted molar refractivity (Wildman–Crippen MR) is 112 cm³/mol. The summed E-state index contributed by atoms with van der Waals surface area (Å²) in [5, 5.41) is 2.99. The first-order valence-corrected chi connectivity index (χ1v) is 10.5. The number of ether oxygens (including phenoxy) is 1. The van der Waals surface area contributed by atoms with Crippen molar-refractivity contribution in [2.75, 3.05) is 33.3 Å². The summed E-state index contributed by atoms with van der Waals surface area (Å²) >= 11 is 1.59. The van der Waals surface area contributed by atoms with Gasteiger partial charge in [0.2, 0.25) is 0 Å². The molecule has 4 rings (SSSR count). The highest BCUT2D eigenvalue weighted by Crippen LogP contribution is 2.26. The van der Waals surface area contributed by atoms with Gasteiger partial charge in [-0.25, -0.2) is 13.8 Å². The van der Waals surface area contributed by atoms with Gasteiger partial charge in [-0.1, -0.05) is 0 Å². The third-order valence-corrected chi connectivity index (χ3v) is 6.03. The summed E-state index contributed by atoms with van der Waals surface area (Å²) in [5.74, 6) is -0.977. The van der Waals surface area contributed by atoms with E-state index in [1.807, 2.05) is 29.6 Å². The Bertz CT molecular complexity index is 1030. The molecule has 3 aromatic rings. The van der Waals surface area contributed by atoms with Gasteiger partial charge in [-0.3, -0.25) is 9.69 Å². The number of halogens is 2. The van der Waals surface area contributed by atoms with Crippen molar-refractivity contribution in [3.8, 4) is 16.3 Å². The third kappa shape index (κ3) is 4.49. The second-order valence-electron chi connectivity index (χ2n) is 7.07. The molecule has 1 aliphatic rings. The van der Waals surface area contributed by atoms with E-state index in [0.717, 1.165) is 40.2 Å². The van der Waals surface area contributed by atoms with E-state index in [0.29, 0.717) is 32.7 Å². The monoisotopic (exact) mass is 429 g/mol. The van der Waals surface area contributed by atoms with Crippen LogP contribution in [0.25, 0.3) is 10.6 Å². The maximum atomic E-state index is 13.9. The molecule has 0 unspecified atom stereocenters. The first-order chi connectivity index (χ1) is 14.5. The van der Waals surface area contributed by atoms with E-state index in [9.17, 15) is 13.6 Å². The average molecular weight is 429 g/mol. The molecule has 5 nitrogen and oxygen atoms in total. The quantitative estimate of drug-likeness (QED) is 0.614. The highest BCUT2D eigenvalue weighted by atomic mass is 32.1. The number of nitrogens with zero attached hydrogens (tertiary/aromatic N) is 3. The Balaban J connectivity index is 1.34. The van der Waals surface area contributed by atoms with Crippen LogP contribution in [-0.2, 0) is 6.54 Å². The Kier molecular flexibility index (Phi) is 6.06. The summed E-state index contributed by atoms with van der Waals surface area (Å²) < 4.78 is 32.5. The van der Waals surface area contributed by atoms with E-state index in [4.69, 9.17) is 9.72 Å². The molecule has 1 saturated heterocycles. The lowest BCUT2D eigenvalue weighted by Gasteiger charge is -2.34. The van der Waals surface area contributed by atoms with E-state index >= 15 is 0 Å². The van der Waals surface area contributed by atoms with Gasteiger partial charge in [-0.05, 0) is 42.5 Å². The lowest BCUT2D eigenvalue weighted by Crippen LogP contribution is -2.48. The van der Waals surface area contributed by atoms with Crippen molar-refractivity contribution in [3.05, 3.63) is 70.7 Å². The largest absolute Gasteiger partial charge is 0.497 e. The van der Waals surface area contributed by atoms with Crippen LogP contribution >= 0.6 is 11.3 Å². The van der Waals surface area contributed by atoms with E-state index in [2.05, 4.69) is 4.90 Å².